The van der Waals surface area contributed by atoms with Crippen molar-refractivity contribution in [3.8, 4) is 0 Å². The van der Waals surface area contributed by atoms with E-state index in [4.69, 9.17) is 0 Å². The monoisotopic (exact) mass is 401 g/mol. The van der Waals surface area contributed by atoms with Crippen LogP contribution < -0.4 is 15.6 Å². The van der Waals surface area contributed by atoms with Gasteiger partial charge in [-0.2, -0.15) is 0 Å². The summed E-state index contributed by atoms with van der Waals surface area (Å²) in [6.45, 7) is -0.868. The third-order valence-corrected chi connectivity index (χ3v) is 4.68. The lowest BCUT2D eigenvalue weighted by Crippen LogP contribution is -2.46. The molecular weight excluding hydrogens is 387 g/mol. The average molecular weight is 401 g/mol. The molecule has 0 saturated carbocycles. The molecule has 2 aromatic carbocycles. The van der Waals surface area contributed by atoms with Crippen LogP contribution in [0.25, 0.3) is 0 Å². The molecule has 27 heavy (non-hydrogen) atoms. The highest BCUT2D eigenvalue weighted by Gasteiger charge is 2.24. The molecule has 0 atom stereocenters. The molecule has 0 spiro atoms. The lowest BCUT2D eigenvalue weighted by molar-refractivity contribution is -0.127. The second kappa shape index (κ2) is 8.64. The molecule has 0 radical (unpaired) electrons. The van der Waals surface area contributed by atoms with Crippen molar-refractivity contribution in [2.75, 3.05) is 6.54 Å². The van der Waals surface area contributed by atoms with Crippen LogP contribution in [0.4, 0.5) is 13.2 Å². The van der Waals surface area contributed by atoms with Crippen molar-refractivity contribution in [1.82, 2.24) is 15.6 Å². The van der Waals surface area contributed by atoms with Crippen LogP contribution in [0.2, 0.25) is 0 Å². The minimum absolute atomic E-state index is 0.160. The molecule has 2 rings (SSSR count). The molecule has 144 valence electrons. The minimum atomic E-state index is -4.62. The quantitative estimate of drug-likeness (QED) is 0.622. The number of amides is 2. The normalized spacial score (nSPS) is 11.1. The van der Waals surface area contributed by atoms with Crippen LogP contribution in [0.1, 0.15) is 5.56 Å². The van der Waals surface area contributed by atoms with Crippen molar-refractivity contribution in [2.45, 2.75) is 11.3 Å². The molecule has 0 bridgehead atoms. The first-order valence-corrected chi connectivity index (χ1v) is 8.93. The molecule has 0 aliphatic carbocycles. The van der Waals surface area contributed by atoms with E-state index in [0.717, 1.165) is 30.3 Å². The number of carbonyl (C=O) groups is 2. The summed E-state index contributed by atoms with van der Waals surface area (Å²) in [4.78, 5) is 22.0. The van der Waals surface area contributed by atoms with E-state index in [1.807, 2.05) is 10.9 Å². The summed E-state index contributed by atoms with van der Waals surface area (Å²) >= 11 is 0. The molecule has 0 aromatic heterocycles. The Hall–Kier alpha value is -2.92. The third kappa shape index (κ3) is 5.79. The Bertz CT molecular complexity index is 930. The second-order valence-corrected chi connectivity index (χ2v) is 6.98. The van der Waals surface area contributed by atoms with Gasteiger partial charge in [0.2, 0.25) is 15.9 Å². The predicted octanol–water partition coefficient (Wildman–Crippen LogP) is 0.772. The first kappa shape index (κ1) is 20.4. The van der Waals surface area contributed by atoms with E-state index >= 15 is 0 Å². The van der Waals surface area contributed by atoms with E-state index in [0.29, 0.717) is 5.56 Å². The fourth-order valence-electron chi connectivity index (χ4n) is 1.99. The summed E-state index contributed by atoms with van der Waals surface area (Å²) < 4.78 is 65.3. The molecule has 11 heteroatoms. The SMILES string of the molecule is O=C(CNS(=O)(=O)c1c(F)cccc1F)NNC(=O)Cc1ccc(F)cc1. The smallest absolute Gasteiger partial charge is 0.253 e. The maximum Gasteiger partial charge on any atom is 0.253 e. The highest BCUT2D eigenvalue weighted by Crippen LogP contribution is 2.17. The number of hydrogen-bond donors (Lipinski definition) is 3. The zero-order valence-corrected chi connectivity index (χ0v) is 14.4. The van der Waals surface area contributed by atoms with Gasteiger partial charge in [0.25, 0.3) is 5.91 Å². The van der Waals surface area contributed by atoms with Crippen LogP contribution in [-0.2, 0) is 26.0 Å². The number of nitrogens with one attached hydrogen (secondary N) is 3. The van der Waals surface area contributed by atoms with Gasteiger partial charge >= 0.3 is 0 Å². The Morgan fingerprint density at radius 3 is 2.00 bits per heavy atom. The number of sulfonamides is 1. The molecule has 0 aliphatic heterocycles. The van der Waals surface area contributed by atoms with E-state index < -0.39 is 50.7 Å². The number of benzene rings is 2. The Morgan fingerprint density at radius 1 is 0.852 bits per heavy atom. The molecular formula is C16H14F3N3O4S. The minimum Gasteiger partial charge on any atom is -0.273 e. The zero-order valence-electron chi connectivity index (χ0n) is 13.6. The van der Waals surface area contributed by atoms with Crippen molar-refractivity contribution >= 4 is 21.8 Å². The number of hydrazine groups is 1. The zero-order chi connectivity index (χ0) is 20.0. The summed E-state index contributed by atoms with van der Waals surface area (Å²) in [5.41, 5.74) is 4.45. The van der Waals surface area contributed by atoms with Gasteiger partial charge in [-0.15, -0.1) is 0 Å². The highest BCUT2D eigenvalue weighted by molar-refractivity contribution is 7.89. The summed E-state index contributed by atoms with van der Waals surface area (Å²) in [5.74, 6) is -4.70. The van der Waals surface area contributed by atoms with Crippen LogP contribution in [0.15, 0.2) is 47.4 Å². The topological polar surface area (TPSA) is 104 Å². The maximum absolute atomic E-state index is 13.5. The van der Waals surface area contributed by atoms with Crippen LogP contribution in [0, 0.1) is 17.5 Å². The molecule has 0 aliphatic rings. The van der Waals surface area contributed by atoms with E-state index in [2.05, 4.69) is 0 Å². The number of halogens is 3. The van der Waals surface area contributed by atoms with Crippen LogP contribution >= 0.6 is 0 Å². The lowest BCUT2D eigenvalue weighted by atomic mass is 10.1. The molecule has 0 saturated heterocycles. The van der Waals surface area contributed by atoms with E-state index in [-0.39, 0.29) is 6.42 Å². The van der Waals surface area contributed by atoms with Gasteiger partial charge < -0.3 is 0 Å². The largest absolute Gasteiger partial charge is 0.273 e. The number of rotatable bonds is 6. The maximum atomic E-state index is 13.5. The molecule has 0 unspecified atom stereocenters. The molecule has 0 heterocycles. The second-order valence-electron chi connectivity index (χ2n) is 5.27. The van der Waals surface area contributed by atoms with Crippen molar-refractivity contribution in [3.63, 3.8) is 0 Å². The molecule has 0 fully saturated rings. The first-order valence-electron chi connectivity index (χ1n) is 7.45. The van der Waals surface area contributed by atoms with Gasteiger partial charge in [0, 0.05) is 0 Å². The van der Waals surface area contributed by atoms with Gasteiger partial charge in [-0.05, 0) is 29.8 Å². The first-order chi connectivity index (χ1) is 12.7. The molecule has 2 amide bonds. The van der Waals surface area contributed by atoms with Crippen molar-refractivity contribution < 1.29 is 31.2 Å². The summed E-state index contributed by atoms with van der Waals surface area (Å²) in [6, 6.07) is 7.60. The lowest BCUT2D eigenvalue weighted by Gasteiger charge is -2.10. The van der Waals surface area contributed by atoms with Crippen molar-refractivity contribution in [3.05, 3.63) is 65.5 Å². The van der Waals surface area contributed by atoms with Crippen molar-refractivity contribution in [1.29, 1.82) is 0 Å². The number of hydrogen-bond acceptors (Lipinski definition) is 4. The summed E-state index contributed by atoms with van der Waals surface area (Å²) in [6.07, 6.45) is -0.160. The van der Waals surface area contributed by atoms with Crippen LogP contribution in [0.3, 0.4) is 0 Å². The third-order valence-electron chi connectivity index (χ3n) is 3.23. The Labute approximate surface area is 152 Å². The van der Waals surface area contributed by atoms with Gasteiger partial charge in [-0.3, -0.25) is 20.4 Å². The average Bonchev–Trinajstić information content (AvgIpc) is 2.60. The van der Waals surface area contributed by atoms with Gasteiger partial charge in [-0.1, -0.05) is 18.2 Å². The van der Waals surface area contributed by atoms with E-state index in [9.17, 15) is 31.2 Å². The standard InChI is InChI=1S/C16H14F3N3O4S/c17-11-6-4-10(5-7-11)8-14(23)21-22-15(24)9-20-27(25,26)16-12(18)2-1-3-13(16)19/h1-7,20H,8-9H2,(H,21,23)(H,22,24). The van der Waals surface area contributed by atoms with Crippen LogP contribution in [0.5, 0.6) is 0 Å². The Kier molecular flexibility index (Phi) is 6.53. The van der Waals surface area contributed by atoms with Gasteiger partial charge in [-0.25, -0.2) is 26.3 Å². The highest BCUT2D eigenvalue weighted by atomic mass is 32.2. The predicted molar refractivity (Wildman–Crippen MR) is 87.9 cm³/mol. The molecule has 2 aromatic rings. The fraction of sp³-hybridized carbons (Fsp3) is 0.125. The molecule has 7 nitrogen and oxygen atoms in total. The molecule has 3 N–H and O–H groups in total. The van der Waals surface area contributed by atoms with Crippen molar-refractivity contribution in [2.24, 2.45) is 0 Å². The summed E-state index contributed by atoms with van der Waals surface area (Å²) in [7, 11) is -4.62. The fourth-order valence-corrected chi connectivity index (χ4v) is 3.10. The van der Waals surface area contributed by atoms with Gasteiger partial charge in [0.05, 0.1) is 13.0 Å². The Morgan fingerprint density at radius 2 is 1.41 bits per heavy atom. The number of carbonyl (C=O) groups excluding carboxylic acids is 2. The Balaban J connectivity index is 1.85. The van der Waals surface area contributed by atoms with E-state index in [1.54, 1.807) is 4.72 Å². The van der Waals surface area contributed by atoms with Crippen LogP contribution in [-0.4, -0.2) is 26.8 Å². The van der Waals surface area contributed by atoms with Gasteiger partial charge in [0.15, 0.2) is 4.90 Å². The van der Waals surface area contributed by atoms with E-state index in [1.165, 1.54) is 12.1 Å². The van der Waals surface area contributed by atoms with Gasteiger partial charge in [0.1, 0.15) is 17.5 Å². The summed E-state index contributed by atoms with van der Waals surface area (Å²) in [5, 5.41) is 0.